The molecule has 1 aliphatic rings. The van der Waals surface area contributed by atoms with E-state index in [1.165, 1.54) is 12.8 Å². The summed E-state index contributed by atoms with van der Waals surface area (Å²) in [5, 5.41) is 0. The number of halogens is 1. The average Bonchev–Trinajstić information content (AvgIpc) is 2.76. The lowest BCUT2D eigenvalue weighted by Gasteiger charge is -2.27. The Bertz CT molecular complexity index is 414. The highest BCUT2D eigenvalue weighted by Crippen LogP contribution is 2.44. The van der Waals surface area contributed by atoms with E-state index < -0.39 is 0 Å². The van der Waals surface area contributed by atoms with E-state index in [1.807, 2.05) is 12.1 Å². The normalized spacial score (nSPS) is 18.1. The minimum absolute atomic E-state index is 0.265. The second kappa shape index (κ2) is 4.86. The highest BCUT2D eigenvalue weighted by molar-refractivity contribution is 9.10. The van der Waals surface area contributed by atoms with Crippen LogP contribution in [0, 0.1) is 0 Å². The quantitative estimate of drug-likeness (QED) is 0.932. The van der Waals surface area contributed by atoms with Crippen molar-refractivity contribution >= 4 is 15.9 Å². The lowest BCUT2D eigenvalue weighted by atomic mass is 9.88. The lowest BCUT2D eigenvalue weighted by molar-refractivity contribution is 0.370. The molecule has 0 aromatic heterocycles. The van der Waals surface area contributed by atoms with Crippen molar-refractivity contribution in [2.75, 3.05) is 14.2 Å². The number of methoxy groups -OCH3 is 2. The van der Waals surface area contributed by atoms with E-state index >= 15 is 0 Å². The molecule has 4 heteroatoms. The third-order valence-corrected chi connectivity index (χ3v) is 4.13. The molecular formula is C13H18BrNO2. The molecule has 0 unspecified atom stereocenters. The third kappa shape index (κ3) is 2.29. The Morgan fingerprint density at radius 2 is 1.71 bits per heavy atom. The Labute approximate surface area is 110 Å². The molecule has 1 aliphatic carbocycles. The maximum absolute atomic E-state index is 6.48. The van der Waals surface area contributed by atoms with Gasteiger partial charge in [-0.15, -0.1) is 0 Å². The van der Waals surface area contributed by atoms with Gasteiger partial charge in [-0.05, 0) is 40.9 Å². The first-order valence-corrected chi connectivity index (χ1v) is 6.61. The highest BCUT2D eigenvalue weighted by atomic mass is 79.9. The van der Waals surface area contributed by atoms with Gasteiger partial charge < -0.3 is 15.2 Å². The van der Waals surface area contributed by atoms with E-state index in [-0.39, 0.29) is 5.54 Å². The second-order valence-corrected chi connectivity index (χ2v) is 5.40. The van der Waals surface area contributed by atoms with Gasteiger partial charge >= 0.3 is 0 Å². The van der Waals surface area contributed by atoms with Crippen LogP contribution in [-0.4, -0.2) is 14.2 Å². The molecule has 0 amide bonds. The molecule has 0 heterocycles. The van der Waals surface area contributed by atoms with Gasteiger partial charge in [0.15, 0.2) is 0 Å². The number of nitrogens with two attached hydrogens (primary N) is 1. The Hall–Kier alpha value is -0.740. The first kappa shape index (κ1) is 12.7. The Morgan fingerprint density at radius 3 is 2.24 bits per heavy atom. The standard InChI is InChI=1S/C13H18BrNO2/c1-16-11-8-10(14)12(17-2)7-9(11)13(15)5-3-4-6-13/h7-8H,3-6,15H2,1-2H3. The van der Waals surface area contributed by atoms with Crippen LogP contribution in [0.25, 0.3) is 0 Å². The zero-order chi connectivity index (χ0) is 12.5. The summed E-state index contributed by atoms with van der Waals surface area (Å²) in [5.74, 6) is 1.64. The van der Waals surface area contributed by atoms with Gasteiger partial charge in [0, 0.05) is 11.1 Å². The molecule has 1 aromatic carbocycles. The molecule has 17 heavy (non-hydrogen) atoms. The zero-order valence-electron chi connectivity index (χ0n) is 10.3. The first-order valence-electron chi connectivity index (χ1n) is 5.81. The topological polar surface area (TPSA) is 44.5 Å². The van der Waals surface area contributed by atoms with Crippen LogP contribution in [-0.2, 0) is 5.54 Å². The molecule has 0 atom stereocenters. The van der Waals surface area contributed by atoms with Crippen molar-refractivity contribution in [3.63, 3.8) is 0 Å². The van der Waals surface area contributed by atoms with E-state index in [4.69, 9.17) is 15.2 Å². The van der Waals surface area contributed by atoms with E-state index in [2.05, 4.69) is 15.9 Å². The van der Waals surface area contributed by atoms with Gasteiger partial charge in [0.25, 0.3) is 0 Å². The van der Waals surface area contributed by atoms with Crippen LogP contribution in [0.5, 0.6) is 11.5 Å². The van der Waals surface area contributed by atoms with Crippen LogP contribution < -0.4 is 15.2 Å². The fourth-order valence-electron chi connectivity index (χ4n) is 2.52. The number of rotatable bonds is 3. The molecule has 1 aromatic rings. The summed E-state index contributed by atoms with van der Waals surface area (Å²) >= 11 is 3.46. The van der Waals surface area contributed by atoms with E-state index in [0.29, 0.717) is 0 Å². The van der Waals surface area contributed by atoms with Crippen LogP contribution >= 0.6 is 15.9 Å². The molecule has 2 rings (SSSR count). The monoisotopic (exact) mass is 299 g/mol. The molecule has 1 saturated carbocycles. The molecule has 0 spiro atoms. The number of benzene rings is 1. The summed E-state index contributed by atoms with van der Waals surface area (Å²) in [6.07, 6.45) is 4.37. The molecule has 3 nitrogen and oxygen atoms in total. The summed E-state index contributed by atoms with van der Waals surface area (Å²) in [5.41, 5.74) is 7.27. The number of ether oxygens (including phenoxy) is 2. The fraction of sp³-hybridized carbons (Fsp3) is 0.538. The van der Waals surface area contributed by atoms with Crippen molar-refractivity contribution in [1.82, 2.24) is 0 Å². The number of hydrogen-bond donors (Lipinski definition) is 1. The molecular weight excluding hydrogens is 282 g/mol. The van der Waals surface area contributed by atoms with Gasteiger partial charge in [0.1, 0.15) is 11.5 Å². The highest BCUT2D eigenvalue weighted by Gasteiger charge is 2.34. The van der Waals surface area contributed by atoms with Crippen molar-refractivity contribution in [3.8, 4) is 11.5 Å². The minimum Gasteiger partial charge on any atom is -0.496 e. The Balaban J connectivity index is 2.50. The third-order valence-electron chi connectivity index (χ3n) is 3.51. The van der Waals surface area contributed by atoms with Gasteiger partial charge in [0.2, 0.25) is 0 Å². The van der Waals surface area contributed by atoms with Gasteiger partial charge in [-0.2, -0.15) is 0 Å². The predicted octanol–water partition coefficient (Wildman–Crippen LogP) is 3.19. The average molecular weight is 300 g/mol. The van der Waals surface area contributed by atoms with Gasteiger partial charge in [0.05, 0.1) is 18.7 Å². The molecule has 0 bridgehead atoms. The van der Waals surface area contributed by atoms with Crippen LogP contribution in [0.2, 0.25) is 0 Å². The van der Waals surface area contributed by atoms with E-state index in [1.54, 1.807) is 14.2 Å². The molecule has 2 N–H and O–H groups in total. The maximum atomic E-state index is 6.48. The summed E-state index contributed by atoms with van der Waals surface area (Å²) in [4.78, 5) is 0. The first-order chi connectivity index (χ1) is 8.10. The van der Waals surface area contributed by atoms with E-state index in [9.17, 15) is 0 Å². The van der Waals surface area contributed by atoms with E-state index in [0.717, 1.165) is 34.4 Å². The smallest absolute Gasteiger partial charge is 0.133 e. The maximum Gasteiger partial charge on any atom is 0.133 e. The molecule has 0 saturated heterocycles. The van der Waals surface area contributed by atoms with Gasteiger partial charge in [-0.3, -0.25) is 0 Å². The van der Waals surface area contributed by atoms with Crippen molar-refractivity contribution < 1.29 is 9.47 Å². The zero-order valence-corrected chi connectivity index (χ0v) is 11.8. The second-order valence-electron chi connectivity index (χ2n) is 4.55. The van der Waals surface area contributed by atoms with Gasteiger partial charge in [-0.1, -0.05) is 12.8 Å². The SMILES string of the molecule is COc1cc(C2(N)CCCC2)c(OC)cc1Br. The van der Waals surface area contributed by atoms with Crippen molar-refractivity contribution in [3.05, 3.63) is 22.2 Å². The largest absolute Gasteiger partial charge is 0.496 e. The van der Waals surface area contributed by atoms with Crippen LogP contribution in [0.15, 0.2) is 16.6 Å². The molecule has 94 valence electrons. The summed E-state index contributed by atoms with van der Waals surface area (Å²) in [6.45, 7) is 0. The summed E-state index contributed by atoms with van der Waals surface area (Å²) in [7, 11) is 3.34. The number of hydrogen-bond acceptors (Lipinski definition) is 3. The van der Waals surface area contributed by atoms with Crippen molar-refractivity contribution in [2.45, 2.75) is 31.2 Å². The predicted molar refractivity (Wildman–Crippen MR) is 71.6 cm³/mol. The van der Waals surface area contributed by atoms with Crippen LogP contribution in [0.4, 0.5) is 0 Å². The Morgan fingerprint density at radius 1 is 1.12 bits per heavy atom. The molecule has 1 fully saturated rings. The fourth-order valence-corrected chi connectivity index (χ4v) is 3.01. The molecule has 0 radical (unpaired) electrons. The van der Waals surface area contributed by atoms with Crippen molar-refractivity contribution in [2.24, 2.45) is 5.73 Å². The summed E-state index contributed by atoms with van der Waals surface area (Å²) < 4.78 is 11.7. The van der Waals surface area contributed by atoms with Crippen LogP contribution in [0.1, 0.15) is 31.2 Å². The Kier molecular flexibility index (Phi) is 3.64. The van der Waals surface area contributed by atoms with Gasteiger partial charge in [-0.25, -0.2) is 0 Å². The molecule has 0 aliphatic heterocycles. The lowest BCUT2D eigenvalue weighted by Crippen LogP contribution is -2.33. The minimum atomic E-state index is -0.265. The summed E-state index contributed by atoms with van der Waals surface area (Å²) in [6, 6.07) is 3.93. The van der Waals surface area contributed by atoms with Crippen LogP contribution in [0.3, 0.4) is 0 Å². The van der Waals surface area contributed by atoms with Crippen molar-refractivity contribution in [1.29, 1.82) is 0 Å².